The molecule has 9 nitrogen and oxygen atoms in total. The fourth-order valence-corrected chi connectivity index (χ4v) is 3.35. The van der Waals surface area contributed by atoms with Crippen LogP contribution in [0, 0.1) is 0 Å². The Labute approximate surface area is 182 Å². The average Bonchev–Trinajstić information content (AvgIpc) is 2.80. The van der Waals surface area contributed by atoms with E-state index in [1.807, 2.05) is 0 Å². The van der Waals surface area contributed by atoms with E-state index in [-0.39, 0.29) is 24.7 Å². The molecule has 0 spiro atoms. The lowest BCUT2D eigenvalue weighted by Crippen LogP contribution is -2.26. The Morgan fingerprint density at radius 1 is 0.812 bits per heavy atom. The van der Waals surface area contributed by atoms with Gasteiger partial charge in [-0.25, -0.2) is 9.59 Å². The third-order valence-electron chi connectivity index (χ3n) is 4.89. The number of aliphatic hydroxyl groups is 1. The summed E-state index contributed by atoms with van der Waals surface area (Å²) >= 11 is 0. The minimum atomic E-state index is -1.14. The topological polar surface area (TPSA) is 132 Å². The van der Waals surface area contributed by atoms with E-state index in [9.17, 15) is 14.7 Å². The van der Waals surface area contributed by atoms with Gasteiger partial charge in [-0.2, -0.15) is 0 Å². The molecule has 0 fully saturated rings. The number of aliphatic carboxylic acids is 2. The first-order valence-electron chi connectivity index (χ1n) is 9.82. The number of fused-ring (bicyclic) bond motifs is 2. The van der Waals surface area contributed by atoms with Crippen molar-refractivity contribution in [1.82, 2.24) is 0 Å². The first kappa shape index (κ1) is 21.3. The van der Waals surface area contributed by atoms with Crippen molar-refractivity contribution >= 4 is 11.9 Å². The summed E-state index contributed by atoms with van der Waals surface area (Å²) in [7, 11) is 0. The van der Waals surface area contributed by atoms with E-state index >= 15 is 0 Å². The Morgan fingerprint density at radius 3 is 1.66 bits per heavy atom. The van der Waals surface area contributed by atoms with Crippen LogP contribution >= 0.6 is 0 Å². The van der Waals surface area contributed by atoms with Gasteiger partial charge in [-0.15, -0.1) is 0 Å². The molecule has 0 saturated heterocycles. The van der Waals surface area contributed by atoms with Crippen molar-refractivity contribution in [1.29, 1.82) is 0 Å². The summed E-state index contributed by atoms with van der Waals surface area (Å²) in [6.07, 6.45) is 2.64. The molecule has 2 aromatic carbocycles. The van der Waals surface area contributed by atoms with Crippen molar-refractivity contribution in [2.75, 3.05) is 13.2 Å². The van der Waals surface area contributed by atoms with Crippen LogP contribution in [-0.4, -0.2) is 46.6 Å². The Balaban J connectivity index is 1.35. The molecule has 3 N–H and O–H groups in total. The number of carboxylic acids is 2. The highest BCUT2D eigenvalue weighted by atomic mass is 16.5. The Kier molecular flexibility index (Phi) is 6.00. The Bertz CT molecular complexity index is 1030. The zero-order valence-electron chi connectivity index (χ0n) is 16.8. The number of aliphatic hydroxyl groups excluding tert-OH is 1. The zero-order chi connectivity index (χ0) is 22.7. The Hall–Kier alpha value is -3.98. The van der Waals surface area contributed by atoms with Crippen LogP contribution in [0.25, 0.3) is 0 Å². The number of carbonyl (C=O) groups is 2. The molecule has 2 heterocycles. The van der Waals surface area contributed by atoms with Crippen LogP contribution in [0.4, 0.5) is 0 Å². The van der Waals surface area contributed by atoms with Gasteiger partial charge >= 0.3 is 11.9 Å². The van der Waals surface area contributed by atoms with Crippen LogP contribution in [0.15, 0.2) is 60.1 Å². The maximum Gasteiger partial charge on any atom is 0.371 e. The van der Waals surface area contributed by atoms with Crippen molar-refractivity contribution in [2.24, 2.45) is 0 Å². The SMILES string of the molecule is O=C(O)C1=CCc2c(OCC(O)COc3cccc4c3CC=C(C(=O)O)O4)cccc2O1. The van der Waals surface area contributed by atoms with E-state index in [1.54, 1.807) is 36.4 Å². The third-order valence-corrected chi connectivity index (χ3v) is 4.89. The van der Waals surface area contributed by atoms with Crippen LogP contribution in [0.5, 0.6) is 23.0 Å². The highest BCUT2D eigenvalue weighted by Gasteiger charge is 2.22. The van der Waals surface area contributed by atoms with Gasteiger partial charge in [0.2, 0.25) is 11.5 Å². The van der Waals surface area contributed by atoms with Gasteiger partial charge in [0.25, 0.3) is 0 Å². The first-order valence-corrected chi connectivity index (χ1v) is 9.82. The van der Waals surface area contributed by atoms with Gasteiger partial charge in [-0.05, 0) is 36.4 Å². The summed E-state index contributed by atoms with van der Waals surface area (Å²) in [4.78, 5) is 22.2. The largest absolute Gasteiger partial charge is 0.490 e. The van der Waals surface area contributed by atoms with Gasteiger partial charge < -0.3 is 34.3 Å². The van der Waals surface area contributed by atoms with Gasteiger partial charge in [0.15, 0.2) is 0 Å². The number of rotatable bonds is 8. The minimum Gasteiger partial charge on any atom is -0.490 e. The standard InChI is InChI=1S/C23H20O9/c24-13(11-29-16-3-1-5-18-14(16)7-9-20(31-18)22(25)26)12-30-17-4-2-6-19-15(17)8-10-21(32-19)23(27)28/h1-6,9-10,13,24H,7-8,11-12H2,(H,25,26)(H,27,28). The molecule has 0 amide bonds. The fourth-order valence-electron chi connectivity index (χ4n) is 3.35. The number of ether oxygens (including phenoxy) is 4. The molecule has 32 heavy (non-hydrogen) atoms. The van der Waals surface area contributed by atoms with E-state index < -0.39 is 18.0 Å². The quantitative estimate of drug-likeness (QED) is 0.566. The van der Waals surface area contributed by atoms with Gasteiger partial charge in [-0.3, -0.25) is 0 Å². The summed E-state index contributed by atoms with van der Waals surface area (Å²) in [5.41, 5.74) is 1.39. The molecule has 0 atom stereocenters. The van der Waals surface area contributed by atoms with Crippen molar-refractivity contribution in [3.8, 4) is 23.0 Å². The second kappa shape index (κ2) is 9.03. The molecule has 0 saturated carbocycles. The fraction of sp³-hybridized carbons (Fsp3) is 0.217. The molecular formula is C23H20O9. The molecule has 0 unspecified atom stereocenters. The maximum absolute atomic E-state index is 11.1. The predicted octanol–water partition coefficient (Wildman–Crippen LogP) is 2.31. The summed E-state index contributed by atoms with van der Waals surface area (Å²) < 4.78 is 22.2. The van der Waals surface area contributed by atoms with E-state index in [2.05, 4.69) is 0 Å². The molecule has 4 rings (SSSR count). The molecule has 0 aliphatic carbocycles. The summed E-state index contributed by atoms with van der Waals surface area (Å²) in [6.45, 7) is -0.110. The van der Waals surface area contributed by atoms with Gasteiger partial charge in [-0.1, -0.05) is 12.1 Å². The normalized spacial score (nSPS) is 14.2. The van der Waals surface area contributed by atoms with Gasteiger partial charge in [0.05, 0.1) is 0 Å². The van der Waals surface area contributed by atoms with Crippen molar-refractivity contribution in [3.05, 3.63) is 71.2 Å². The van der Waals surface area contributed by atoms with Crippen LogP contribution in [0.3, 0.4) is 0 Å². The predicted molar refractivity (Wildman–Crippen MR) is 110 cm³/mol. The molecule has 0 bridgehead atoms. The van der Waals surface area contributed by atoms with Crippen LogP contribution in [0.2, 0.25) is 0 Å². The molecule has 0 radical (unpaired) electrons. The lowest BCUT2D eigenvalue weighted by Gasteiger charge is -2.21. The molecule has 2 aromatic rings. The van der Waals surface area contributed by atoms with Crippen LogP contribution < -0.4 is 18.9 Å². The molecule has 9 heteroatoms. The van der Waals surface area contributed by atoms with Gasteiger partial charge in [0, 0.05) is 24.0 Å². The van der Waals surface area contributed by atoms with Crippen molar-refractivity contribution in [2.45, 2.75) is 18.9 Å². The number of allylic oxidation sites excluding steroid dienone is 2. The molecule has 0 aromatic heterocycles. The summed E-state index contributed by atoms with van der Waals surface area (Å²) in [5.74, 6) is -0.781. The number of benzene rings is 2. The second-order valence-corrected chi connectivity index (χ2v) is 7.10. The van der Waals surface area contributed by atoms with Gasteiger partial charge in [0.1, 0.15) is 42.3 Å². The third kappa shape index (κ3) is 4.52. The smallest absolute Gasteiger partial charge is 0.371 e. The van der Waals surface area contributed by atoms with E-state index in [1.165, 1.54) is 12.2 Å². The van der Waals surface area contributed by atoms with E-state index in [0.717, 1.165) is 0 Å². The minimum absolute atomic E-state index is 0.0550. The summed E-state index contributed by atoms with van der Waals surface area (Å²) in [6, 6.07) is 10.1. The van der Waals surface area contributed by atoms with Crippen LogP contribution in [0.1, 0.15) is 11.1 Å². The summed E-state index contributed by atoms with van der Waals surface area (Å²) in [5, 5.41) is 28.4. The first-order chi connectivity index (χ1) is 15.4. The van der Waals surface area contributed by atoms with E-state index in [0.29, 0.717) is 47.0 Å². The lowest BCUT2D eigenvalue weighted by molar-refractivity contribution is -0.136. The molecule has 166 valence electrons. The molecule has 2 aliphatic rings. The second-order valence-electron chi connectivity index (χ2n) is 7.10. The number of carboxylic acid groups (broad SMARTS) is 2. The van der Waals surface area contributed by atoms with Crippen molar-refractivity contribution < 1.29 is 43.9 Å². The number of hydrogen-bond acceptors (Lipinski definition) is 7. The van der Waals surface area contributed by atoms with Crippen molar-refractivity contribution in [3.63, 3.8) is 0 Å². The Morgan fingerprint density at radius 2 is 1.25 bits per heavy atom. The highest BCUT2D eigenvalue weighted by molar-refractivity contribution is 5.86. The zero-order valence-corrected chi connectivity index (χ0v) is 16.8. The maximum atomic E-state index is 11.1. The highest BCUT2D eigenvalue weighted by Crippen LogP contribution is 2.35. The van der Waals surface area contributed by atoms with Crippen LogP contribution in [-0.2, 0) is 22.4 Å². The lowest BCUT2D eigenvalue weighted by atomic mass is 10.1. The molecular weight excluding hydrogens is 420 g/mol. The molecule has 2 aliphatic heterocycles. The van der Waals surface area contributed by atoms with E-state index in [4.69, 9.17) is 29.2 Å². The number of hydrogen-bond donors (Lipinski definition) is 3. The average molecular weight is 440 g/mol. The monoisotopic (exact) mass is 440 g/mol.